The van der Waals surface area contributed by atoms with Crippen LogP contribution in [0.25, 0.3) is 0 Å². The van der Waals surface area contributed by atoms with Crippen molar-refractivity contribution in [3.63, 3.8) is 0 Å². The molecule has 0 radical (unpaired) electrons. The fourth-order valence-corrected chi connectivity index (χ4v) is 0.515. The summed E-state index contributed by atoms with van der Waals surface area (Å²) < 4.78 is 41.1. The molecule has 0 aromatic rings. The first-order valence-electron chi connectivity index (χ1n) is 3.65. The van der Waals surface area contributed by atoms with E-state index in [2.05, 4.69) is 11.3 Å². The predicted molar refractivity (Wildman–Crippen MR) is 41.3 cm³/mol. The van der Waals surface area contributed by atoms with Gasteiger partial charge >= 0.3 is 11.9 Å². The molecular formula is C8H11F3O2. The van der Waals surface area contributed by atoms with Crippen molar-refractivity contribution in [3.8, 4) is 0 Å². The topological polar surface area (TPSA) is 26.3 Å². The first kappa shape index (κ1) is 12.0. The zero-order valence-corrected chi connectivity index (χ0v) is 7.44. The molecule has 0 aliphatic heterocycles. The molecule has 0 saturated heterocycles. The van der Waals surface area contributed by atoms with E-state index in [0.717, 1.165) is 0 Å². The number of rotatable bonds is 4. The Kier molecular flexibility index (Phi) is 3.97. The van der Waals surface area contributed by atoms with Crippen molar-refractivity contribution in [1.82, 2.24) is 0 Å². The highest BCUT2D eigenvalue weighted by Gasteiger charge is 2.38. The summed E-state index contributed by atoms with van der Waals surface area (Å²) >= 11 is 0. The average molecular weight is 196 g/mol. The zero-order chi connectivity index (χ0) is 10.6. The number of esters is 1. The summed E-state index contributed by atoms with van der Waals surface area (Å²) in [6, 6.07) is 0. The minimum atomic E-state index is -3.83. The molecule has 0 aromatic carbocycles. The Morgan fingerprint density at radius 1 is 1.54 bits per heavy atom. The van der Waals surface area contributed by atoms with Gasteiger partial charge in [0.25, 0.3) is 0 Å². The quantitative estimate of drug-likeness (QED) is 0.508. The molecule has 0 spiro atoms. The third-order valence-electron chi connectivity index (χ3n) is 1.20. The summed E-state index contributed by atoms with van der Waals surface area (Å²) in [5.41, 5.74) is -1.15. The van der Waals surface area contributed by atoms with E-state index in [0.29, 0.717) is 0 Å². The van der Waals surface area contributed by atoms with Crippen LogP contribution in [-0.4, -0.2) is 24.7 Å². The van der Waals surface area contributed by atoms with Gasteiger partial charge in [0.15, 0.2) is 6.67 Å². The Morgan fingerprint density at radius 2 is 2.00 bits per heavy atom. The lowest BCUT2D eigenvalue weighted by atomic mass is 10.2. The fourth-order valence-electron chi connectivity index (χ4n) is 0.515. The van der Waals surface area contributed by atoms with Crippen molar-refractivity contribution >= 4 is 5.97 Å². The van der Waals surface area contributed by atoms with Crippen molar-refractivity contribution in [1.29, 1.82) is 0 Å². The maximum atomic E-state index is 12.5. The summed E-state index contributed by atoms with van der Waals surface area (Å²) in [5, 5.41) is 0. The van der Waals surface area contributed by atoms with Crippen molar-refractivity contribution in [2.24, 2.45) is 0 Å². The van der Waals surface area contributed by atoms with Crippen molar-refractivity contribution in [2.75, 3.05) is 6.67 Å². The van der Waals surface area contributed by atoms with Gasteiger partial charge in [-0.05, 0) is 13.8 Å². The van der Waals surface area contributed by atoms with Crippen LogP contribution in [-0.2, 0) is 9.53 Å². The third-order valence-corrected chi connectivity index (χ3v) is 1.20. The maximum absolute atomic E-state index is 12.5. The van der Waals surface area contributed by atoms with Gasteiger partial charge in [0.05, 0.1) is 6.10 Å². The minimum absolute atomic E-state index is 0.528. The summed E-state index contributed by atoms with van der Waals surface area (Å²) in [6.45, 7) is 3.84. The second-order valence-electron chi connectivity index (χ2n) is 2.77. The highest BCUT2D eigenvalue weighted by molar-refractivity contribution is 5.89. The molecule has 13 heavy (non-hydrogen) atoms. The lowest BCUT2D eigenvalue weighted by Gasteiger charge is -2.15. The number of carbonyl (C=O) groups excluding carboxylic acids is 1. The van der Waals surface area contributed by atoms with Crippen LogP contribution in [0.2, 0.25) is 0 Å². The van der Waals surface area contributed by atoms with Crippen molar-refractivity contribution in [2.45, 2.75) is 25.9 Å². The van der Waals surface area contributed by atoms with Gasteiger partial charge in [0.1, 0.15) is 5.57 Å². The molecule has 0 bridgehead atoms. The van der Waals surface area contributed by atoms with Crippen LogP contribution in [0.3, 0.4) is 0 Å². The molecule has 0 unspecified atom stereocenters. The average Bonchev–Trinajstić information content (AvgIpc) is 2.01. The van der Waals surface area contributed by atoms with Gasteiger partial charge < -0.3 is 4.74 Å². The summed E-state index contributed by atoms with van der Waals surface area (Å²) in [7, 11) is 0. The van der Waals surface area contributed by atoms with E-state index in [1.54, 1.807) is 0 Å². The number of hydrogen-bond donors (Lipinski definition) is 0. The number of halogens is 3. The molecule has 0 saturated carbocycles. The smallest absolute Gasteiger partial charge is 0.339 e. The normalized spacial score (nSPS) is 11.5. The summed E-state index contributed by atoms with van der Waals surface area (Å²) in [5.74, 6) is -5.09. The first-order valence-corrected chi connectivity index (χ1v) is 3.65. The second kappa shape index (κ2) is 4.30. The van der Waals surface area contributed by atoms with Crippen LogP contribution in [0.4, 0.5) is 13.2 Å². The number of carbonyl (C=O) groups is 1. The van der Waals surface area contributed by atoms with Gasteiger partial charge in [0, 0.05) is 0 Å². The Hall–Kier alpha value is -1.00. The molecule has 0 aliphatic rings. The molecule has 0 aromatic heterocycles. The molecular weight excluding hydrogens is 185 g/mol. The summed E-state index contributed by atoms with van der Waals surface area (Å²) in [6.07, 6.45) is -0.528. The molecule has 2 nitrogen and oxygen atoms in total. The Labute approximate surface area is 74.4 Å². The van der Waals surface area contributed by atoms with Gasteiger partial charge in [-0.2, -0.15) is 8.78 Å². The predicted octanol–water partition coefficient (Wildman–Crippen LogP) is 2.10. The van der Waals surface area contributed by atoms with Gasteiger partial charge in [-0.25, -0.2) is 9.18 Å². The SMILES string of the molecule is C=C(C(=O)OC(C)C)C(F)(F)CF. The van der Waals surface area contributed by atoms with Crippen molar-refractivity contribution < 1.29 is 22.7 Å². The molecule has 0 N–H and O–H groups in total. The zero-order valence-electron chi connectivity index (χ0n) is 7.44. The number of hydrogen-bond acceptors (Lipinski definition) is 2. The van der Waals surface area contributed by atoms with E-state index in [-0.39, 0.29) is 0 Å². The maximum Gasteiger partial charge on any atom is 0.339 e. The van der Waals surface area contributed by atoms with Crippen LogP contribution in [0.1, 0.15) is 13.8 Å². The van der Waals surface area contributed by atoms with E-state index in [9.17, 15) is 18.0 Å². The van der Waals surface area contributed by atoms with E-state index in [1.165, 1.54) is 13.8 Å². The molecule has 0 fully saturated rings. The first-order chi connectivity index (χ1) is 5.81. The standard InChI is InChI=1S/C8H11F3O2/c1-5(2)13-7(12)6(3)8(10,11)4-9/h5H,3-4H2,1-2H3. The lowest BCUT2D eigenvalue weighted by Crippen LogP contribution is -2.29. The van der Waals surface area contributed by atoms with Crippen LogP contribution in [0.15, 0.2) is 12.2 Å². The highest BCUT2D eigenvalue weighted by atomic mass is 19.3. The largest absolute Gasteiger partial charge is 0.459 e. The van der Waals surface area contributed by atoms with Crippen LogP contribution < -0.4 is 0 Å². The van der Waals surface area contributed by atoms with E-state index < -0.39 is 30.2 Å². The fraction of sp³-hybridized carbons (Fsp3) is 0.625. The molecule has 0 aliphatic carbocycles. The molecule has 0 heterocycles. The number of ether oxygens (including phenoxy) is 1. The van der Waals surface area contributed by atoms with Gasteiger partial charge in [-0.15, -0.1) is 0 Å². The minimum Gasteiger partial charge on any atom is -0.459 e. The Balaban J connectivity index is 4.35. The molecule has 0 rings (SSSR count). The number of alkyl halides is 3. The van der Waals surface area contributed by atoms with E-state index in [1.807, 2.05) is 0 Å². The molecule has 76 valence electrons. The van der Waals surface area contributed by atoms with E-state index in [4.69, 9.17) is 0 Å². The van der Waals surface area contributed by atoms with Crippen LogP contribution >= 0.6 is 0 Å². The van der Waals surface area contributed by atoms with Crippen molar-refractivity contribution in [3.05, 3.63) is 12.2 Å². The lowest BCUT2D eigenvalue weighted by molar-refractivity contribution is -0.146. The molecule has 0 amide bonds. The van der Waals surface area contributed by atoms with Gasteiger partial charge in [0.2, 0.25) is 0 Å². The molecule has 5 heteroatoms. The monoisotopic (exact) mass is 196 g/mol. The third kappa shape index (κ3) is 3.48. The van der Waals surface area contributed by atoms with E-state index >= 15 is 0 Å². The van der Waals surface area contributed by atoms with Gasteiger partial charge in [-0.1, -0.05) is 6.58 Å². The van der Waals surface area contributed by atoms with Crippen LogP contribution in [0.5, 0.6) is 0 Å². The highest BCUT2D eigenvalue weighted by Crippen LogP contribution is 2.24. The summed E-state index contributed by atoms with van der Waals surface area (Å²) in [4.78, 5) is 10.8. The van der Waals surface area contributed by atoms with Crippen LogP contribution in [0, 0.1) is 0 Å². The van der Waals surface area contributed by atoms with Gasteiger partial charge in [-0.3, -0.25) is 0 Å². The molecule has 0 atom stereocenters. The Morgan fingerprint density at radius 3 is 2.31 bits per heavy atom. The second-order valence-corrected chi connectivity index (χ2v) is 2.77. The Bertz CT molecular complexity index is 211.